The molecule has 0 bridgehead atoms. The predicted octanol–water partition coefficient (Wildman–Crippen LogP) is 4.41. The Labute approximate surface area is 152 Å². The SMILES string of the molecule is Cc1nn(-c2ccccc2)c(C)c1C(=O)N(C)Cc1ccccc1Cl. The molecule has 0 radical (unpaired) electrons. The average Bonchev–Trinajstić information content (AvgIpc) is 2.91. The van der Waals surface area contributed by atoms with Gasteiger partial charge in [0.15, 0.2) is 0 Å². The lowest BCUT2D eigenvalue weighted by atomic mass is 10.1. The Morgan fingerprint density at radius 2 is 1.72 bits per heavy atom. The number of amides is 1. The summed E-state index contributed by atoms with van der Waals surface area (Å²) in [6.45, 7) is 4.24. The second-order valence-electron chi connectivity index (χ2n) is 6.05. The maximum atomic E-state index is 13.0. The van der Waals surface area contributed by atoms with Gasteiger partial charge in [-0.1, -0.05) is 48.0 Å². The largest absolute Gasteiger partial charge is 0.337 e. The fourth-order valence-corrected chi connectivity index (χ4v) is 3.11. The van der Waals surface area contributed by atoms with Gasteiger partial charge in [0, 0.05) is 18.6 Å². The van der Waals surface area contributed by atoms with E-state index in [4.69, 9.17) is 11.6 Å². The van der Waals surface area contributed by atoms with E-state index < -0.39 is 0 Å². The van der Waals surface area contributed by atoms with Gasteiger partial charge in [-0.15, -0.1) is 0 Å². The standard InChI is InChI=1S/C20H20ClN3O/c1-14-19(15(2)24(22-14)17-10-5-4-6-11-17)20(25)23(3)13-16-9-7-8-12-18(16)21/h4-12H,13H2,1-3H3. The summed E-state index contributed by atoms with van der Waals surface area (Å²) >= 11 is 6.21. The first-order chi connectivity index (χ1) is 12.0. The molecule has 0 saturated heterocycles. The van der Waals surface area contributed by atoms with Crippen molar-refractivity contribution in [2.24, 2.45) is 0 Å². The molecule has 1 aromatic heterocycles. The monoisotopic (exact) mass is 353 g/mol. The van der Waals surface area contributed by atoms with Crippen molar-refractivity contribution in [1.29, 1.82) is 0 Å². The van der Waals surface area contributed by atoms with Crippen molar-refractivity contribution >= 4 is 17.5 Å². The minimum atomic E-state index is -0.0582. The molecule has 0 aliphatic carbocycles. The number of nitrogens with zero attached hydrogens (tertiary/aromatic N) is 3. The summed E-state index contributed by atoms with van der Waals surface area (Å²) in [4.78, 5) is 14.7. The zero-order valence-electron chi connectivity index (χ0n) is 14.5. The van der Waals surface area contributed by atoms with Crippen molar-refractivity contribution in [2.75, 3.05) is 7.05 Å². The highest BCUT2D eigenvalue weighted by Gasteiger charge is 2.22. The number of para-hydroxylation sites is 1. The van der Waals surface area contributed by atoms with Gasteiger partial charge in [0.05, 0.1) is 22.6 Å². The molecular weight excluding hydrogens is 334 g/mol. The van der Waals surface area contributed by atoms with E-state index in [0.29, 0.717) is 17.1 Å². The highest BCUT2D eigenvalue weighted by molar-refractivity contribution is 6.31. The second-order valence-corrected chi connectivity index (χ2v) is 6.45. The number of carbonyl (C=O) groups is 1. The number of carbonyl (C=O) groups excluding carboxylic acids is 1. The van der Waals surface area contributed by atoms with Crippen LogP contribution in [0, 0.1) is 13.8 Å². The van der Waals surface area contributed by atoms with E-state index in [1.807, 2.05) is 73.1 Å². The van der Waals surface area contributed by atoms with Gasteiger partial charge in [-0.25, -0.2) is 4.68 Å². The van der Waals surface area contributed by atoms with E-state index in [-0.39, 0.29) is 5.91 Å². The first kappa shape index (κ1) is 17.2. The molecule has 0 aliphatic rings. The van der Waals surface area contributed by atoms with Gasteiger partial charge in [0.25, 0.3) is 5.91 Å². The van der Waals surface area contributed by atoms with Crippen molar-refractivity contribution in [1.82, 2.24) is 14.7 Å². The first-order valence-corrected chi connectivity index (χ1v) is 8.47. The van der Waals surface area contributed by atoms with Gasteiger partial charge in [-0.05, 0) is 37.6 Å². The van der Waals surface area contributed by atoms with Crippen LogP contribution >= 0.6 is 11.6 Å². The Morgan fingerprint density at radius 3 is 2.40 bits per heavy atom. The molecule has 4 nitrogen and oxygen atoms in total. The Balaban J connectivity index is 1.90. The fourth-order valence-electron chi connectivity index (χ4n) is 2.92. The first-order valence-electron chi connectivity index (χ1n) is 8.09. The molecule has 0 saturated carbocycles. The van der Waals surface area contributed by atoms with Gasteiger partial charge >= 0.3 is 0 Å². The molecule has 3 aromatic rings. The summed E-state index contributed by atoms with van der Waals surface area (Å²) in [6.07, 6.45) is 0. The maximum Gasteiger partial charge on any atom is 0.257 e. The second kappa shape index (κ2) is 7.11. The molecule has 128 valence electrons. The van der Waals surface area contributed by atoms with Crippen LogP contribution in [0.4, 0.5) is 0 Å². The summed E-state index contributed by atoms with van der Waals surface area (Å²) < 4.78 is 1.81. The van der Waals surface area contributed by atoms with E-state index in [0.717, 1.165) is 22.6 Å². The van der Waals surface area contributed by atoms with E-state index in [1.165, 1.54) is 0 Å². The van der Waals surface area contributed by atoms with Crippen LogP contribution < -0.4 is 0 Å². The molecule has 0 atom stereocenters. The lowest BCUT2D eigenvalue weighted by Gasteiger charge is -2.18. The smallest absolute Gasteiger partial charge is 0.257 e. The number of halogens is 1. The number of hydrogen-bond acceptors (Lipinski definition) is 2. The molecular formula is C20H20ClN3O. The van der Waals surface area contributed by atoms with Crippen molar-refractivity contribution < 1.29 is 4.79 Å². The highest BCUT2D eigenvalue weighted by atomic mass is 35.5. The summed E-state index contributed by atoms with van der Waals surface area (Å²) in [7, 11) is 1.78. The minimum Gasteiger partial charge on any atom is -0.337 e. The average molecular weight is 354 g/mol. The molecule has 1 heterocycles. The zero-order chi connectivity index (χ0) is 18.0. The Morgan fingerprint density at radius 1 is 1.08 bits per heavy atom. The van der Waals surface area contributed by atoms with Crippen LogP contribution in [0.3, 0.4) is 0 Å². The molecule has 2 aromatic carbocycles. The van der Waals surface area contributed by atoms with Gasteiger partial charge in [0.2, 0.25) is 0 Å². The molecule has 3 rings (SSSR count). The molecule has 0 aliphatic heterocycles. The Bertz CT molecular complexity index is 903. The Kier molecular flexibility index (Phi) is 4.91. The van der Waals surface area contributed by atoms with Gasteiger partial charge < -0.3 is 4.90 Å². The fraction of sp³-hybridized carbons (Fsp3) is 0.200. The zero-order valence-corrected chi connectivity index (χ0v) is 15.3. The molecule has 0 N–H and O–H groups in total. The summed E-state index contributed by atoms with van der Waals surface area (Å²) in [6, 6.07) is 17.4. The van der Waals surface area contributed by atoms with Crippen LogP contribution in [-0.4, -0.2) is 27.6 Å². The van der Waals surface area contributed by atoms with E-state index in [9.17, 15) is 4.79 Å². The number of rotatable bonds is 4. The van der Waals surface area contributed by atoms with Crippen molar-refractivity contribution in [3.63, 3.8) is 0 Å². The molecule has 5 heteroatoms. The lowest BCUT2D eigenvalue weighted by molar-refractivity contribution is 0.0783. The quantitative estimate of drug-likeness (QED) is 0.696. The van der Waals surface area contributed by atoms with E-state index in [1.54, 1.807) is 11.9 Å². The Hall–Kier alpha value is -2.59. The van der Waals surface area contributed by atoms with Crippen LogP contribution in [-0.2, 0) is 6.54 Å². The van der Waals surface area contributed by atoms with Crippen LogP contribution in [0.5, 0.6) is 0 Å². The summed E-state index contributed by atoms with van der Waals surface area (Å²) in [5, 5.41) is 5.21. The predicted molar refractivity (Wildman–Crippen MR) is 100 cm³/mol. The normalized spacial score (nSPS) is 10.7. The molecule has 0 spiro atoms. The number of benzene rings is 2. The van der Waals surface area contributed by atoms with Crippen LogP contribution in [0.1, 0.15) is 27.3 Å². The van der Waals surface area contributed by atoms with Gasteiger partial charge in [0.1, 0.15) is 0 Å². The molecule has 0 fully saturated rings. The van der Waals surface area contributed by atoms with E-state index >= 15 is 0 Å². The van der Waals surface area contributed by atoms with Crippen molar-refractivity contribution in [3.05, 3.63) is 82.1 Å². The van der Waals surface area contributed by atoms with Crippen LogP contribution in [0.2, 0.25) is 5.02 Å². The lowest BCUT2D eigenvalue weighted by Crippen LogP contribution is -2.27. The highest BCUT2D eigenvalue weighted by Crippen LogP contribution is 2.21. The summed E-state index contributed by atoms with van der Waals surface area (Å²) in [5.74, 6) is -0.0582. The summed E-state index contributed by atoms with van der Waals surface area (Å²) in [5.41, 5.74) is 4.05. The molecule has 1 amide bonds. The van der Waals surface area contributed by atoms with E-state index in [2.05, 4.69) is 5.10 Å². The topological polar surface area (TPSA) is 38.1 Å². The van der Waals surface area contributed by atoms with Crippen molar-refractivity contribution in [2.45, 2.75) is 20.4 Å². The molecule has 25 heavy (non-hydrogen) atoms. The minimum absolute atomic E-state index is 0.0582. The molecule has 0 unspecified atom stereocenters. The number of aromatic nitrogens is 2. The third-order valence-electron chi connectivity index (χ3n) is 4.22. The number of aryl methyl sites for hydroxylation is 1. The van der Waals surface area contributed by atoms with Crippen molar-refractivity contribution in [3.8, 4) is 5.69 Å². The van der Waals surface area contributed by atoms with Gasteiger partial charge in [-0.3, -0.25) is 4.79 Å². The third kappa shape index (κ3) is 3.44. The third-order valence-corrected chi connectivity index (χ3v) is 4.59. The van der Waals surface area contributed by atoms with Gasteiger partial charge in [-0.2, -0.15) is 5.10 Å². The number of hydrogen-bond donors (Lipinski definition) is 0. The van der Waals surface area contributed by atoms with Crippen LogP contribution in [0.15, 0.2) is 54.6 Å². The maximum absolute atomic E-state index is 13.0. The van der Waals surface area contributed by atoms with Crippen LogP contribution in [0.25, 0.3) is 5.69 Å².